The van der Waals surface area contributed by atoms with Crippen molar-refractivity contribution in [1.29, 1.82) is 0 Å². The fourth-order valence-electron chi connectivity index (χ4n) is 3.07. The molecule has 1 aromatic rings. The van der Waals surface area contributed by atoms with E-state index < -0.39 is 23.6 Å². The van der Waals surface area contributed by atoms with E-state index in [2.05, 4.69) is 32.9 Å². The lowest BCUT2D eigenvalue weighted by molar-refractivity contribution is -0.141. The summed E-state index contributed by atoms with van der Waals surface area (Å²) in [5.41, 5.74) is 1.49. The molecule has 1 aromatic carbocycles. The minimum Gasteiger partial charge on any atom is -0.481 e. The summed E-state index contributed by atoms with van der Waals surface area (Å²) in [6.07, 6.45) is -0.0512. The second-order valence-electron chi connectivity index (χ2n) is 8.79. The van der Waals surface area contributed by atoms with Crippen molar-refractivity contribution in [2.75, 3.05) is 6.54 Å². The highest BCUT2D eigenvalue weighted by Gasteiger charge is 2.41. The molecular weight excluding hydrogens is 318 g/mol. The average molecular weight is 347 g/mol. The molecule has 0 aliphatic carbocycles. The summed E-state index contributed by atoms with van der Waals surface area (Å²) >= 11 is 0. The SMILES string of the molecule is CC(C)(C)OC(=O)N1C[C@H](C(=O)O)C[C@H]1c1cccc(C(C)(C)C)c1. The Hall–Kier alpha value is -2.04. The minimum absolute atomic E-state index is 0.0163. The van der Waals surface area contributed by atoms with Crippen molar-refractivity contribution in [3.63, 3.8) is 0 Å². The fraction of sp³-hybridized carbons (Fsp3) is 0.600. The number of carboxylic acid groups (broad SMARTS) is 1. The smallest absolute Gasteiger partial charge is 0.410 e. The van der Waals surface area contributed by atoms with Gasteiger partial charge in [0.25, 0.3) is 0 Å². The average Bonchev–Trinajstić information content (AvgIpc) is 2.90. The maximum Gasteiger partial charge on any atom is 0.410 e. The lowest BCUT2D eigenvalue weighted by atomic mass is 9.85. The molecule has 5 nitrogen and oxygen atoms in total. The van der Waals surface area contributed by atoms with Crippen LogP contribution in [-0.2, 0) is 14.9 Å². The number of carboxylic acids is 1. The summed E-state index contributed by atoms with van der Waals surface area (Å²) in [5.74, 6) is -1.45. The van der Waals surface area contributed by atoms with Crippen LogP contribution in [0.25, 0.3) is 0 Å². The Balaban J connectivity index is 2.35. The number of aliphatic carboxylic acids is 1. The molecule has 1 saturated heterocycles. The van der Waals surface area contributed by atoms with Gasteiger partial charge in [-0.15, -0.1) is 0 Å². The summed E-state index contributed by atoms with van der Waals surface area (Å²) in [4.78, 5) is 25.6. The Morgan fingerprint density at radius 2 is 1.80 bits per heavy atom. The van der Waals surface area contributed by atoms with Gasteiger partial charge >= 0.3 is 12.1 Å². The van der Waals surface area contributed by atoms with E-state index >= 15 is 0 Å². The molecule has 1 fully saturated rings. The van der Waals surface area contributed by atoms with Crippen LogP contribution in [-0.4, -0.2) is 34.2 Å². The molecule has 25 heavy (non-hydrogen) atoms. The van der Waals surface area contributed by atoms with Crippen LogP contribution in [0.5, 0.6) is 0 Å². The van der Waals surface area contributed by atoms with E-state index in [-0.39, 0.29) is 18.0 Å². The van der Waals surface area contributed by atoms with Crippen molar-refractivity contribution < 1.29 is 19.4 Å². The van der Waals surface area contributed by atoms with Crippen LogP contribution in [0, 0.1) is 5.92 Å². The third-order valence-electron chi connectivity index (χ3n) is 4.42. The van der Waals surface area contributed by atoms with Crippen molar-refractivity contribution >= 4 is 12.1 Å². The van der Waals surface area contributed by atoms with Gasteiger partial charge in [0.2, 0.25) is 0 Å². The standard InChI is InChI=1S/C20H29NO4/c1-19(2,3)15-9-7-8-13(10-15)16-11-14(17(22)23)12-21(16)18(24)25-20(4,5)6/h7-10,14,16H,11-12H2,1-6H3,(H,22,23)/t14-,16+/m1/s1. The summed E-state index contributed by atoms with van der Waals surface area (Å²) in [7, 11) is 0. The van der Waals surface area contributed by atoms with E-state index in [1.165, 1.54) is 0 Å². The Labute approximate surface area is 150 Å². The van der Waals surface area contributed by atoms with Gasteiger partial charge in [0.05, 0.1) is 12.0 Å². The number of rotatable bonds is 2. The Bertz CT molecular complexity index is 654. The number of nitrogens with zero attached hydrogens (tertiary/aromatic N) is 1. The topological polar surface area (TPSA) is 66.8 Å². The molecule has 1 aliphatic heterocycles. The van der Waals surface area contributed by atoms with Crippen molar-refractivity contribution in [1.82, 2.24) is 4.90 Å². The predicted octanol–water partition coefficient (Wildman–Crippen LogP) is 4.37. The van der Waals surface area contributed by atoms with E-state index in [1.54, 1.807) is 4.90 Å². The molecule has 0 spiro atoms. The molecule has 1 heterocycles. The highest BCUT2D eigenvalue weighted by atomic mass is 16.6. The molecule has 2 rings (SSSR count). The maximum atomic E-state index is 12.6. The molecule has 1 amide bonds. The quantitative estimate of drug-likeness (QED) is 0.863. The number of ether oxygens (including phenoxy) is 1. The molecule has 0 bridgehead atoms. The van der Waals surface area contributed by atoms with Crippen molar-refractivity contribution in [3.05, 3.63) is 35.4 Å². The van der Waals surface area contributed by atoms with Gasteiger partial charge in [-0.1, -0.05) is 45.0 Å². The lowest BCUT2D eigenvalue weighted by Crippen LogP contribution is -2.37. The van der Waals surface area contributed by atoms with E-state index in [0.717, 1.165) is 11.1 Å². The maximum absolute atomic E-state index is 12.6. The monoisotopic (exact) mass is 347 g/mol. The van der Waals surface area contributed by atoms with Gasteiger partial charge in [-0.25, -0.2) is 4.79 Å². The van der Waals surface area contributed by atoms with Crippen LogP contribution in [0.15, 0.2) is 24.3 Å². The molecule has 138 valence electrons. The van der Waals surface area contributed by atoms with Crippen LogP contribution in [0.2, 0.25) is 0 Å². The first-order valence-corrected chi connectivity index (χ1v) is 8.71. The van der Waals surface area contributed by atoms with E-state index in [9.17, 15) is 14.7 Å². The van der Waals surface area contributed by atoms with Gasteiger partial charge in [0, 0.05) is 6.54 Å². The highest BCUT2D eigenvalue weighted by molar-refractivity contribution is 5.75. The third kappa shape index (κ3) is 4.74. The van der Waals surface area contributed by atoms with Crippen LogP contribution >= 0.6 is 0 Å². The fourth-order valence-corrected chi connectivity index (χ4v) is 3.07. The van der Waals surface area contributed by atoms with E-state index in [4.69, 9.17) is 4.74 Å². The first-order valence-electron chi connectivity index (χ1n) is 8.71. The normalized spacial score (nSPS) is 21.3. The number of carbonyl (C=O) groups is 2. The lowest BCUT2D eigenvalue weighted by Gasteiger charge is -2.29. The molecular formula is C20H29NO4. The Kier molecular flexibility index (Phi) is 5.17. The van der Waals surface area contributed by atoms with Crippen molar-refractivity contribution in [3.8, 4) is 0 Å². The number of likely N-dealkylation sites (tertiary alicyclic amines) is 1. The van der Waals surface area contributed by atoms with Crippen molar-refractivity contribution in [2.24, 2.45) is 5.92 Å². The predicted molar refractivity (Wildman–Crippen MR) is 96.6 cm³/mol. The van der Waals surface area contributed by atoms with E-state index in [1.807, 2.05) is 32.9 Å². The number of hydrogen-bond donors (Lipinski definition) is 1. The summed E-state index contributed by atoms with van der Waals surface area (Å²) in [6.45, 7) is 12.0. The third-order valence-corrected chi connectivity index (χ3v) is 4.42. The molecule has 5 heteroatoms. The zero-order chi connectivity index (χ0) is 19.0. The largest absolute Gasteiger partial charge is 0.481 e. The number of amides is 1. The zero-order valence-electron chi connectivity index (χ0n) is 16.0. The van der Waals surface area contributed by atoms with Gasteiger partial charge in [0.1, 0.15) is 5.60 Å². The number of hydrogen-bond acceptors (Lipinski definition) is 3. The van der Waals surface area contributed by atoms with E-state index in [0.29, 0.717) is 6.42 Å². The van der Waals surface area contributed by atoms with Gasteiger partial charge < -0.3 is 14.7 Å². The van der Waals surface area contributed by atoms with Crippen LogP contribution < -0.4 is 0 Å². The second-order valence-corrected chi connectivity index (χ2v) is 8.79. The van der Waals surface area contributed by atoms with Gasteiger partial charge in [-0.05, 0) is 43.7 Å². The highest BCUT2D eigenvalue weighted by Crippen LogP contribution is 2.38. The van der Waals surface area contributed by atoms with Crippen LogP contribution in [0.3, 0.4) is 0 Å². The summed E-state index contributed by atoms with van der Waals surface area (Å²) < 4.78 is 5.49. The Morgan fingerprint density at radius 3 is 2.32 bits per heavy atom. The summed E-state index contributed by atoms with van der Waals surface area (Å²) in [6, 6.07) is 7.79. The molecule has 1 N–H and O–H groups in total. The zero-order valence-corrected chi connectivity index (χ0v) is 16.0. The molecule has 0 aromatic heterocycles. The van der Waals surface area contributed by atoms with Crippen molar-refractivity contribution in [2.45, 2.75) is 65.0 Å². The number of benzene rings is 1. The first-order chi connectivity index (χ1) is 11.4. The van der Waals surface area contributed by atoms with Gasteiger partial charge in [-0.2, -0.15) is 0 Å². The minimum atomic E-state index is -0.872. The summed E-state index contributed by atoms with van der Waals surface area (Å²) in [5, 5.41) is 9.42. The van der Waals surface area contributed by atoms with Gasteiger partial charge in [0.15, 0.2) is 0 Å². The second kappa shape index (κ2) is 6.70. The number of carbonyl (C=O) groups excluding carboxylic acids is 1. The first kappa shape index (κ1) is 19.3. The molecule has 0 saturated carbocycles. The molecule has 1 aliphatic rings. The Morgan fingerprint density at radius 1 is 1.16 bits per heavy atom. The molecule has 0 radical (unpaired) electrons. The van der Waals surface area contributed by atoms with Gasteiger partial charge in [-0.3, -0.25) is 4.79 Å². The van der Waals surface area contributed by atoms with Crippen LogP contribution in [0.4, 0.5) is 4.79 Å². The molecule has 2 atom stereocenters. The van der Waals surface area contributed by atoms with Crippen LogP contribution in [0.1, 0.15) is 65.1 Å². The molecule has 0 unspecified atom stereocenters.